The topological polar surface area (TPSA) is 106 Å². The minimum Gasteiger partial charge on any atom is -0.493 e. The summed E-state index contributed by atoms with van der Waals surface area (Å²) < 4.78 is 13.2. The number of carbonyl (C=O) groups is 2. The van der Waals surface area contributed by atoms with E-state index in [4.69, 9.17) is 14.5 Å². The quantitative estimate of drug-likeness (QED) is 0.109. The van der Waals surface area contributed by atoms with Crippen molar-refractivity contribution in [3.05, 3.63) is 101 Å². The second-order valence-electron chi connectivity index (χ2n) is 14.7. The Labute approximate surface area is 309 Å². The molecule has 2 N–H and O–H groups in total. The summed E-state index contributed by atoms with van der Waals surface area (Å²) in [6.45, 7) is 11.6. The average Bonchev–Trinajstić information content (AvgIpc) is 3.55. The zero-order chi connectivity index (χ0) is 36.2. The highest BCUT2D eigenvalue weighted by molar-refractivity contribution is 7.22. The standard InChI is InChI=1S/C42H47N5O4S/c1-27-30(12-8-15-35(27)50-25-9-10-28-19-22-43-23-20-28)31-17-18-37(45-38(31)40(49)51-42(2,3)4)47-24-21-29-11-7-13-32(33(29)26-47)39(48)46-41-44-34-14-5-6-16-36(34)52-41/h5-8,11-18,28,43H,9-10,19-26H2,1-4H3,(H,44,46,48). The van der Waals surface area contributed by atoms with Crippen molar-refractivity contribution in [2.45, 2.75) is 71.9 Å². The molecule has 0 radical (unpaired) electrons. The average molecular weight is 718 g/mol. The van der Waals surface area contributed by atoms with Crippen LogP contribution in [0.5, 0.6) is 5.75 Å². The van der Waals surface area contributed by atoms with Gasteiger partial charge >= 0.3 is 5.97 Å². The van der Waals surface area contributed by atoms with Gasteiger partial charge < -0.3 is 19.7 Å². The molecule has 0 spiro atoms. The van der Waals surface area contributed by atoms with E-state index in [0.29, 0.717) is 41.8 Å². The molecule has 0 unspecified atom stereocenters. The van der Waals surface area contributed by atoms with Crippen molar-refractivity contribution >= 4 is 44.4 Å². The number of nitrogens with one attached hydrogen (secondary N) is 2. The third-order valence-electron chi connectivity index (χ3n) is 9.88. The molecule has 3 aromatic carbocycles. The SMILES string of the molecule is Cc1c(OCCCC2CCNCC2)cccc1-c1ccc(N2CCc3cccc(C(=O)Nc4nc5ccccc5s4)c3C2)nc1C(=O)OC(C)(C)C. The second kappa shape index (κ2) is 15.4. The van der Waals surface area contributed by atoms with E-state index in [-0.39, 0.29) is 11.6 Å². The van der Waals surface area contributed by atoms with Gasteiger partial charge in [-0.3, -0.25) is 10.1 Å². The van der Waals surface area contributed by atoms with Crippen LogP contribution in [-0.2, 0) is 17.7 Å². The van der Waals surface area contributed by atoms with Crippen LogP contribution in [0.3, 0.4) is 0 Å². The maximum Gasteiger partial charge on any atom is 0.358 e. The third kappa shape index (κ3) is 8.13. The van der Waals surface area contributed by atoms with Crippen molar-refractivity contribution in [3.8, 4) is 16.9 Å². The van der Waals surface area contributed by atoms with Crippen molar-refractivity contribution in [2.75, 3.05) is 36.5 Å². The Morgan fingerprint density at radius 1 is 0.962 bits per heavy atom. The fourth-order valence-corrected chi connectivity index (χ4v) is 8.05. The molecular formula is C42H47N5O4S. The summed E-state index contributed by atoms with van der Waals surface area (Å²) in [7, 11) is 0. The number of thiazole rings is 1. The van der Waals surface area contributed by atoms with Gasteiger partial charge in [-0.25, -0.2) is 14.8 Å². The molecule has 1 fully saturated rings. The van der Waals surface area contributed by atoms with Gasteiger partial charge in [0.25, 0.3) is 5.91 Å². The molecule has 1 saturated heterocycles. The van der Waals surface area contributed by atoms with Gasteiger partial charge in [-0.2, -0.15) is 0 Å². The second-order valence-corrected chi connectivity index (χ2v) is 15.8. The monoisotopic (exact) mass is 717 g/mol. The van der Waals surface area contributed by atoms with Crippen LogP contribution < -0.4 is 20.3 Å². The van der Waals surface area contributed by atoms with E-state index < -0.39 is 11.6 Å². The highest BCUT2D eigenvalue weighted by Crippen LogP contribution is 2.35. The first-order valence-electron chi connectivity index (χ1n) is 18.3. The number of pyridine rings is 1. The van der Waals surface area contributed by atoms with Gasteiger partial charge in [0.05, 0.1) is 16.8 Å². The molecule has 270 valence electrons. The fraction of sp³-hybridized carbons (Fsp3) is 0.381. The van der Waals surface area contributed by atoms with Gasteiger partial charge in [0.1, 0.15) is 17.2 Å². The molecule has 10 heteroatoms. The summed E-state index contributed by atoms with van der Waals surface area (Å²) in [5, 5.41) is 7.03. The van der Waals surface area contributed by atoms with Gasteiger partial charge in [0.2, 0.25) is 0 Å². The number of anilines is 2. The van der Waals surface area contributed by atoms with Crippen LogP contribution in [0.1, 0.15) is 84.0 Å². The van der Waals surface area contributed by atoms with E-state index in [9.17, 15) is 9.59 Å². The van der Waals surface area contributed by atoms with Crippen molar-refractivity contribution in [2.24, 2.45) is 5.92 Å². The number of hydrogen-bond acceptors (Lipinski definition) is 9. The first kappa shape index (κ1) is 35.6. The van der Waals surface area contributed by atoms with E-state index in [2.05, 4.69) is 26.6 Å². The Kier molecular flexibility index (Phi) is 10.6. The number of rotatable bonds is 10. The highest BCUT2D eigenvalue weighted by atomic mass is 32.1. The number of nitrogens with zero attached hydrogens (tertiary/aromatic N) is 3. The van der Waals surface area contributed by atoms with Crippen molar-refractivity contribution in [3.63, 3.8) is 0 Å². The molecule has 1 amide bonds. The molecule has 9 nitrogen and oxygen atoms in total. The van der Waals surface area contributed by atoms with Gasteiger partial charge in [-0.15, -0.1) is 0 Å². The number of aromatic nitrogens is 2. The molecule has 4 heterocycles. The van der Waals surface area contributed by atoms with Crippen LogP contribution in [0.4, 0.5) is 10.9 Å². The summed E-state index contributed by atoms with van der Waals surface area (Å²) in [4.78, 5) is 39.2. The summed E-state index contributed by atoms with van der Waals surface area (Å²) >= 11 is 1.46. The van der Waals surface area contributed by atoms with E-state index in [0.717, 1.165) is 70.1 Å². The Morgan fingerprint density at radius 2 is 1.77 bits per heavy atom. The summed E-state index contributed by atoms with van der Waals surface area (Å²) in [5.41, 5.74) is 5.63. The molecule has 0 bridgehead atoms. The van der Waals surface area contributed by atoms with Crippen LogP contribution in [-0.4, -0.2) is 53.7 Å². The molecule has 7 rings (SSSR count). The minimum atomic E-state index is -0.698. The van der Waals surface area contributed by atoms with Crippen LogP contribution in [0.25, 0.3) is 21.3 Å². The summed E-state index contributed by atoms with van der Waals surface area (Å²) in [6, 6.07) is 23.6. The third-order valence-corrected chi connectivity index (χ3v) is 10.8. The number of piperidine rings is 1. The Hall–Kier alpha value is -4.80. The fourth-order valence-electron chi connectivity index (χ4n) is 7.19. The summed E-state index contributed by atoms with van der Waals surface area (Å²) in [5.74, 6) is 1.55. The number of carbonyl (C=O) groups excluding carboxylic acids is 2. The lowest BCUT2D eigenvalue weighted by atomic mass is 9.93. The van der Waals surface area contributed by atoms with Crippen molar-refractivity contribution < 1.29 is 19.1 Å². The molecule has 2 aliphatic heterocycles. The maximum atomic E-state index is 13.8. The first-order chi connectivity index (χ1) is 25.1. The van der Waals surface area contributed by atoms with E-state index in [1.54, 1.807) is 0 Å². The molecule has 0 atom stereocenters. The predicted octanol–water partition coefficient (Wildman–Crippen LogP) is 8.60. The van der Waals surface area contributed by atoms with E-state index in [1.807, 2.05) is 94.4 Å². The predicted molar refractivity (Wildman–Crippen MR) is 209 cm³/mol. The van der Waals surface area contributed by atoms with Gasteiger partial charge in [0.15, 0.2) is 10.8 Å². The molecule has 2 aliphatic rings. The Balaban J connectivity index is 1.13. The van der Waals surface area contributed by atoms with E-state index >= 15 is 0 Å². The zero-order valence-corrected chi connectivity index (χ0v) is 31.3. The molecular weight excluding hydrogens is 671 g/mol. The molecule has 52 heavy (non-hydrogen) atoms. The van der Waals surface area contributed by atoms with Crippen LogP contribution in [0, 0.1) is 12.8 Å². The maximum absolute atomic E-state index is 13.8. The Bertz CT molecular complexity index is 2050. The number of fused-ring (bicyclic) bond motifs is 2. The van der Waals surface area contributed by atoms with Crippen LogP contribution in [0.15, 0.2) is 72.8 Å². The van der Waals surface area contributed by atoms with Crippen LogP contribution >= 0.6 is 11.3 Å². The van der Waals surface area contributed by atoms with Crippen molar-refractivity contribution in [1.29, 1.82) is 0 Å². The number of ether oxygens (including phenoxy) is 2. The number of amides is 1. The highest BCUT2D eigenvalue weighted by Gasteiger charge is 2.28. The zero-order valence-electron chi connectivity index (χ0n) is 30.5. The minimum absolute atomic E-state index is 0.195. The molecule has 0 aliphatic carbocycles. The number of para-hydroxylation sites is 1. The van der Waals surface area contributed by atoms with Gasteiger partial charge in [0, 0.05) is 24.2 Å². The normalized spacial score (nSPS) is 15.0. The van der Waals surface area contributed by atoms with Crippen molar-refractivity contribution in [1.82, 2.24) is 15.3 Å². The molecule has 5 aromatic rings. The number of esters is 1. The first-order valence-corrected chi connectivity index (χ1v) is 19.1. The summed E-state index contributed by atoms with van der Waals surface area (Å²) in [6.07, 6.45) is 5.38. The number of hydrogen-bond donors (Lipinski definition) is 2. The lowest BCUT2D eigenvalue weighted by Crippen LogP contribution is -2.33. The van der Waals surface area contributed by atoms with Crippen LogP contribution in [0.2, 0.25) is 0 Å². The smallest absolute Gasteiger partial charge is 0.358 e. The molecule has 2 aromatic heterocycles. The molecule has 0 saturated carbocycles. The lowest BCUT2D eigenvalue weighted by molar-refractivity contribution is 0.00638. The van der Waals surface area contributed by atoms with E-state index in [1.165, 1.54) is 30.6 Å². The lowest BCUT2D eigenvalue weighted by Gasteiger charge is -2.31. The van der Waals surface area contributed by atoms with Gasteiger partial charge in [-0.05, 0) is 137 Å². The Morgan fingerprint density at radius 3 is 2.58 bits per heavy atom. The van der Waals surface area contributed by atoms with Gasteiger partial charge in [-0.1, -0.05) is 47.7 Å². The number of benzene rings is 3. The largest absolute Gasteiger partial charge is 0.493 e.